The highest BCUT2D eigenvalue weighted by Crippen LogP contribution is 2.18. The lowest BCUT2D eigenvalue weighted by Gasteiger charge is -2.21. The van der Waals surface area contributed by atoms with Crippen molar-refractivity contribution in [1.82, 2.24) is 0 Å². The Morgan fingerprint density at radius 1 is 0.944 bits per heavy atom. The SMILES string of the molecule is C=C(CCc1ccccc1)N(C)c1ccccc1. The molecule has 0 heterocycles. The minimum Gasteiger partial charge on any atom is -0.349 e. The Hall–Kier alpha value is -2.02. The number of benzene rings is 2. The van der Waals surface area contributed by atoms with Gasteiger partial charge in [0.2, 0.25) is 0 Å². The van der Waals surface area contributed by atoms with Crippen LogP contribution < -0.4 is 4.90 Å². The molecule has 92 valence electrons. The van der Waals surface area contributed by atoms with E-state index in [1.54, 1.807) is 0 Å². The fraction of sp³-hybridized carbons (Fsp3) is 0.176. The number of allylic oxidation sites excluding steroid dienone is 1. The normalized spacial score (nSPS) is 10.1. The maximum atomic E-state index is 4.17. The van der Waals surface area contributed by atoms with Crippen molar-refractivity contribution in [3.63, 3.8) is 0 Å². The van der Waals surface area contributed by atoms with Crippen LogP contribution in [0.2, 0.25) is 0 Å². The Morgan fingerprint density at radius 2 is 1.50 bits per heavy atom. The fourth-order valence-corrected chi connectivity index (χ4v) is 1.94. The van der Waals surface area contributed by atoms with Gasteiger partial charge in [0.1, 0.15) is 0 Å². The molecule has 0 unspecified atom stereocenters. The summed E-state index contributed by atoms with van der Waals surface area (Å²) in [5.74, 6) is 0. The molecular formula is C17H19N. The van der Waals surface area contributed by atoms with Crippen molar-refractivity contribution < 1.29 is 0 Å². The Bertz CT molecular complexity index is 488. The Kier molecular flexibility index (Phi) is 4.19. The Morgan fingerprint density at radius 3 is 2.11 bits per heavy atom. The number of rotatable bonds is 5. The predicted octanol–water partition coefficient (Wildman–Crippen LogP) is 4.27. The Labute approximate surface area is 109 Å². The summed E-state index contributed by atoms with van der Waals surface area (Å²) in [6.45, 7) is 4.17. The summed E-state index contributed by atoms with van der Waals surface area (Å²) in [5.41, 5.74) is 3.70. The summed E-state index contributed by atoms with van der Waals surface area (Å²) in [7, 11) is 2.07. The van der Waals surface area contributed by atoms with E-state index < -0.39 is 0 Å². The third kappa shape index (κ3) is 3.24. The molecular weight excluding hydrogens is 218 g/mol. The second kappa shape index (κ2) is 6.06. The summed E-state index contributed by atoms with van der Waals surface area (Å²) in [4.78, 5) is 2.16. The van der Waals surface area contributed by atoms with Crippen molar-refractivity contribution in [2.24, 2.45) is 0 Å². The second-order valence-electron chi connectivity index (χ2n) is 4.45. The van der Waals surface area contributed by atoms with Gasteiger partial charge in [-0.25, -0.2) is 0 Å². The van der Waals surface area contributed by atoms with E-state index in [1.165, 1.54) is 11.3 Å². The van der Waals surface area contributed by atoms with Gasteiger partial charge in [-0.1, -0.05) is 55.1 Å². The summed E-state index contributed by atoms with van der Waals surface area (Å²) < 4.78 is 0. The highest BCUT2D eigenvalue weighted by molar-refractivity contribution is 5.50. The molecule has 1 nitrogen and oxygen atoms in total. The smallest absolute Gasteiger partial charge is 0.0405 e. The molecule has 0 saturated carbocycles. The summed E-state index contributed by atoms with van der Waals surface area (Å²) >= 11 is 0. The van der Waals surface area contributed by atoms with Gasteiger partial charge in [-0.3, -0.25) is 0 Å². The third-order valence-corrected chi connectivity index (χ3v) is 3.16. The predicted molar refractivity (Wildman–Crippen MR) is 78.7 cm³/mol. The van der Waals surface area contributed by atoms with Crippen LogP contribution in [0.25, 0.3) is 0 Å². The zero-order chi connectivity index (χ0) is 12.8. The van der Waals surface area contributed by atoms with E-state index in [0.29, 0.717) is 0 Å². The van der Waals surface area contributed by atoms with Gasteiger partial charge in [-0.2, -0.15) is 0 Å². The first-order chi connectivity index (χ1) is 8.77. The van der Waals surface area contributed by atoms with Gasteiger partial charge < -0.3 is 4.90 Å². The molecule has 0 atom stereocenters. The van der Waals surface area contributed by atoms with E-state index in [1.807, 2.05) is 6.07 Å². The zero-order valence-corrected chi connectivity index (χ0v) is 10.8. The van der Waals surface area contributed by atoms with E-state index in [4.69, 9.17) is 0 Å². The molecule has 0 spiro atoms. The molecule has 18 heavy (non-hydrogen) atoms. The largest absolute Gasteiger partial charge is 0.349 e. The third-order valence-electron chi connectivity index (χ3n) is 3.16. The lowest BCUT2D eigenvalue weighted by atomic mass is 10.1. The van der Waals surface area contributed by atoms with Gasteiger partial charge in [0.15, 0.2) is 0 Å². The van der Waals surface area contributed by atoms with Gasteiger partial charge in [0.05, 0.1) is 0 Å². The first kappa shape index (κ1) is 12.4. The van der Waals surface area contributed by atoms with Crippen LogP contribution in [-0.2, 0) is 6.42 Å². The average Bonchev–Trinajstić information content (AvgIpc) is 2.46. The minimum absolute atomic E-state index is 0.982. The van der Waals surface area contributed by atoms with Gasteiger partial charge in [0.25, 0.3) is 0 Å². The first-order valence-electron chi connectivity index (χ1n) is 6.28. The van der Waals surface area contributed by atoms with E-state index >= 15 is 0 Å². The summed E-state index contributed by atoms with van der Waals surface area (Å²) in [6, 6.07) is 20.9. The van der Waals surface area contributed by atoms with Crippen LogP contribution in [0.4, 0.5) is 5.69 Å². The number of anilines is 1. The quantitative estimate of drug-likeness (QED) is 0.750. The molecule has 0 aliphatic heterocycles. The minimum atomic E-state index is 0.982. The molecule has 2 aromatic carbocycles. The molecule has 0 N–H and O–H groups in total. The van der Waals surface area contributed by atoms with Crippen LogP contribution in [0.15, 0.2) is 72.9 Å². The lowest BCUT2D eigenvalue weighted by Crippen LogP contribution is -2.15. The lowest BCUT2D eigenvalue weighted by molar-refractivity contribution is 0.891. The summed E-state index contributed by atoms with van der Waals surface area (Å²) in [6.07, 6.45) is 2.02. The molecule has 1 heteroatoms. The molecule has 2 aromatic rings. The van der Waals surface area contributed by atoms with Gasteiger partial charge >= 0.3 is 0 Å². The second-order valence-corrected chi connectivity index (χ2v) is 4.45. The highest BCUT2D eigenvalue weighted by atomic mass is 15.1. The van der Waals surface area contributed by atoms with Crippen LogP contribution in [0.3, 0.4) is 0 Å². The van der Waals surface area contributed by atoms with E-state index in [0.717, 1.165) is 18.5 Å². The summed E-state index contributed by atoms with van der Waals surface area (Å²) in [5, 5.41) is 0. The van der Waals surface area contributed by atoms with Crippen molar-refractivity contribution in [3.8, 4) is 0 Å². The molecule has 0 amide bonds. The number of hydrogen-bond donors (Lipinski definition) is 0. The maximum Gasteiger partial charge on any atom is 0.0405 e. The van der Waals surface area contributed by atoms with Crippen molar-refractivity contribution in [3.05, 3.63) is 78.5 Å². The molecule has 0 fully saturated rings. The van der Waals surface area contributed by atoms with Crippen molar-refractivity contribution in [2.45, 2.75) is 12.8 Å². The van der Waals surface area contributed by atoms with Crippen LogP contribution >= 0.6 is 0 Å². The number of para-hydroxylation sites is 1. The van der Waals surface area contributed by atoms with E-state index in [9.17, 15) is 0 Å². The van der Waals surface area contributed by atoms with Gasteiger partial charge in [0, 0.05) is 18.4 Å². The molecule has 0 aliphatic rings. The monoisotopic (exact) mass is 237 g/mol. The van der Waals surface area contributed by atoms with E-state index in [-0.39, 0.29) is 0 Å². The van der Waals surface area contributed by atoms with Crippen LogP contribution in [0, 0.1) is 0 Å². The highest BCUT2D eigenvalue weighted by Gasteiger charge is 2.04. The topological polar surface area (TPSA) is 3.24 Å². The zero-order valence-electron chi connectivity index (χ0n) is 10.8. The van der Waals surface area contributed by atoms with Gasteiger partial charge in [-0.15, -0.1) is 0 Å². The standard InChI is InChI=1S/C17H19N/c1-15(13-14-16-9-5-3-6-10-16)18(2)17-11-7-4-8-12-17/h3-12H,1,13-14H2,2H3. The number of hydrogen-bond acceptors (Lipinski definition) is 1. The molecule has 0 aliphatic carbocycles. The van der Waals surface area contributed by atoms with E-state index in [2.05, 4.69) is 73.1 Å². The molecule has 2 rings (SSSR count). The van der Waals surface area contributed by atoms with Crippen LogP contribution in [0.5, 0.6) is 0 Å². The van der Waals surface area contributed by atoms with Crippen LogP contribution in [0.1, 0.15) is 12.0 Å². The molecule has 0 aromatic heterocycles. The number of aryl methyl sites for hydroxylation is 1. The Balaban J connectivity index is 1.93. The average molecular weight is 237 g/mol. The van der Waals surface area contributed by atoms with Crippen molar-refractivity contribution in [1.29, 1.82) is 0 Å². The van der Waals surface area contributed by atoms with Crippen molar-refractivity contribution in [2.75, 3.05) is 11.9 Å². The van der Waals surface area contributed by atoms with Crippen molar-refractivity contribution >= 4 is 5.69 Å². The van der Waals surface area contributed by atoms with Gasteiger partial charge in [-0.05, 0) is 30.5 Å². The molecule has 0 radical (unpaired) electrons. The van der Waals surface area contributed by atoms with Crippen LogP contribution in [-0.4, -0.2) is 7.05 Å². The molecule has 0 saturated heterocycles. The molecule has 0 bridgehead atoms. The maximum absolute atomic E-state index is 4.17. The first-order valence-corrected chi connectivity index (χ1v) is 6.28. The number of nitrogens with zero attached hydrogens (tertiary/aromatic N) is 1. The fourth-order valence-electron chi connectivity index (χ4n) is 1.94.